The monoisotopic (exact) mass is 621 g/mol. The minimum Gasteiger partial charge on any atom is -0.457 e. The van der Waals surface area contributed by atoms with Crippen molar-refractivity contribution in [1.29, 1.82) is 0 Å². The number of ether oxygens (including phenoxy) is 1. The molecule has 3 heterocycles. The van der Waals surface area contributed by atoms with Crippen LogP contribution in [0.3, 0.4) is 0 Å². The molecule has 0 fully saturated rings. The molecule has 0 unspecified atom stereocenters. The van der Waals surface area contributed by atoms with Crippen LogP contribution in [0.5, 0.6) is 11.5 Å². The molecule has 1 aliphatic rings. The fraction of sp³-hybridized carbons (Fsp3) is 0.0682. The summed E-state index contributed by atoms with van der Waals surface area (Å²) in [7, 11) is 0. The van der Waals surface area contributed by atoms with Gasteiger partial charge in [0, 0.05) is 49.1 Å². The molecule has 6 aromatic carbocycles. The zero-order valence-electron chi connectivity index (χ0n) is 26.2. The number of hydrogen-bond acceptors (Lipinski definition) is 3. The topological polar surface area (TPSA) is 22.1 Å². The molecule has 9 rings (SSSR count). The van der Waals surface area contributed by atoms with Crippen molar-refractivity contribution in [3.8, 4) is 44.9 Å². The van der Waals surface area contributed by atoms with E-state index < -0.39 is 5.41 Å². The van der Waals surface area contributed by atoms with Gasteiger partial charge < -0.3 is 4.74 Å². The molecule has 0 spiro atoms. The fourth-order valence-electron chi connectivity index (χ4n) is 7.31. The minimum atomic E-state index is -0.472. The van der Waals surface area contributed by atoms with Crippen molar-refractivity contribution >= 4 is 31.5 Å². The highest BCUT2D eigenvalue weighted by Crippen LogP contribution is 2.54. The van der Waals surface area contributed by atoms with Crippen molar-refractivity contribution in [2.45, 2.75) is 19.3 Å². The summed E-state index contributed by atoms with van der Waals surface area (Å²) in [6.45, 7) is 4.51. The molecule has 224 valence electrons. The molecule has 0 radical (unpaired) electrons. The van der Waals surface area contributed by atoms with Gasteiger partial charge in [0.05, 0.1) is 0 Å². The molecule has 0 saturated carbocycles. The first-order valence-electron chi connectivity index (χ1n) is 16.0. The van der Waals surface area contributed by atoms with Crippen LogP contribution in [0.2, 0.25) is 0 Å². The molecule has 8 aromatic rings. The predicted molar refractivity (Wildman–Crippen MR) is 197 cm³/mol. The van der Waals surface area contributed by atoms with E-state index in [1.165, 1.54) is 75.8 Å². The van der Waals surface area contributed by atoms with Gasteiger partial charge in [-0.05, 0) is 101 Å². The van der Waals surface area contributed by atoms with Gasteiger partial charge in [0.1, 0.15) is 11.5 Å². The molecular weight excluding hydrogens is 591 g/mol. The first-order chi connectivity index (χ1) is 23.1. The van der Waals surface area contributed by atoms with Crippen LogP contribution in [-0.4, -0.2) is 4.98 Å². The average molecular weight is 622 g/mol. The lowest BCUT2D eigenvalue weighted by Gasteiger charge is -2.39. The molecule has 0 amide bonds. The number of thiophene rings is 1. The Kier molecular flexibility index (Phi) is 6.38. The Bertz CT molecular complexity index is 2370. The van der Waals surface area contributed by atoms with Crippen molar-refractivity contribution in [1.82, 2.24) is 4.98 Å². The first-order valence-corrected chi connectivity index (χ1v) is 16.8. The van der Waals surface area contributed by atoms with Crippen molar-refractivity contribution in [2.24, 2.45) is 0 Å². The van der Waals surface area contributed by atoms with Gasteiger partial charge in [0.15, 0.2) is 0 Å². The van der Waals surface area contributed by atoms with E-state index in [4.69, 9.17) is 4.74 Å². The summed E-state index contributed by atoms with van der Waals surface area (Å²) in [5.74, 6) is 1.80. The fourth-order valence-corrected chi connectivity index (χ4v) is 8.52. The molecule has 0 N–H and O–H groups in total. The van der Waals surface area contributed by atoms with Gasteiger partial charge in [0.25, 0.3) is 0 Å². The van der Waals surface area contributed by atoms with E-state index in [9.17, 15) is 0 Å². The molecule has 0 atom stereocenters. The normalized spacial score (nSPS) is 13.2. The molecular formula is C44H31NOS. The van der Waals surface area contributed by atoms with Gasteiger partial charge in [-0.3, -0.25) is 4.98 Å². The third-order valence-electron chi connectivity index (χ3n) is 9.86. The number of rotatable bonds is 4. The largest absolute Gasteiger partial charge is 0.457 e. The maximum absolute atomic E-state index is 6.69. The quantitative estimate of drug-likeness (QED) is 0.195. The highest BCUT2D eigenvalue weighted by molar-refractivity contribution is 7.26. The van der Waals surface area contributed by atoms with Gasteiger partial charge in [-0.2, -0.15) is 0 Å². The van der Waals surface area contributed by atoms with Gasteiger partial charge in [0.2, 0.25) is 0 Å². The van der Waals surface area contributed by atoms with Crippen LogP contribution in [0.4, 0.5) is 0 Å². The SMILES string of the molecule is Cc1cnccc1-c1cccc2c1sc1ccc(C3(C)c4cc(-c5ccccc5)ccc4Oc4ccc(-c5ccccc5)cc43)cc12. The lowest BCUT2D eigenvalue weighted by atomic mass is 9.68. The molecule has 1 aliphatic heterocycles. The lowest BCUT2D eigenvalue weighted by Crippen LogP contribution is -2.29. The maximum atomic E-state index is 6.69. The lowest BCUT2D eigenvalue weighted by molar-refractivity contribution is 0.427. The Morgan fingerprint density at radius 1 is 0.574 bits per heavy atom. The van der Waals surface area contributed by atoms with E-state index in [1.807, 2.05) is 23.7 Å². The van der Waals surface area contributed by atoms with Crippen molar-refractivity contribution in [2.75, 3.05) is 0 Å². The number of aryl methyl sites for hydroxylation is 1. The Morgan fingerprint density at radius 2 is 1.23 bits per heavy atom. The van der Waals surface area contributed by atoms with Gasteiger partial charge in [-0.25, -0.2) is 0 Å². The van der Waals surface area contributed by atoms with Crippen LogP contribution in [0.25, 0.3) is 53.6 Å². The van der Waals surface area contributed by atoms with Gasteiger partial charge >= 0.3 is 0 Å². The van der Waals surface area contributed by atoms with Gasteiger partial charge in [-0.1, -0.05) is 97.1 Å². The summed E-state index contributed by atoms with van der Waals surface area (Å²) in [6.07, 6.45) is 3.84. The average Bonchev–Trinajstić information content (AvgIpc) is 3.51. The van der Waals surface area contributed by atoms with E-state index in [1.54, 1.807) is 0 Å². The summed E-state index contributed by atoms with van der Waals surface area (Å²) >= 11 is 1.87. The summed E-state index contributed by atoms with van der Waals surface area (Å²) in [6, 6.07) is 50.5. The van der Waals surface area contributed by atoms with Crippen molar-refractivity contribution in [3.05, 3.63) is 174 Å². The van der Waals surface area contributed by atoms with Crippen LogP contribution in [0.1, 0.15) is 29.2 Å². The molecule has 2 aromatic heterocycles. The third-order valence-corrected chi connectivity index (χ3v) is 11.1. The number of hydrogen-bond donors (Lipinski definition) is 0. The molecule has 0 aliphatic carbocycles. The third kappa shape index (κ3) is 4.42. The van der Waals surface area contributed by atoms with Gasteiger partial charge in [-0.15, -0.1) is 11.3 Å². The van der Waals surface area contributed by atoms with E-state index in [0.717, 1.165) is 11.5 Å². The molecule has 0 bridgehead atoms. The van der Waals surface area contributed by atoms with Crippen molar-refractivity contribution < 1.29 is 4.74 Å². The van der Waals surface area contributed by atoms with Crippen molar-refractivity contribution in [3.63, 3.8) is 0 Å². The van der Waals surface area contributed by atoms with Crippen LogP contribution in [-0.2, 0) is 5.41 Å². The summed E-state index contributed by atoms with van der Waals surface area (Å²) in [5.41, 5.74) is 11.5. The number of nitrogens with zero attached hydrogens (tertiary/aromatic N) is 1. The predicted octanol–water partition coefficient (Wildman–Crippen LogP) is 12.2. The summed E-state index contributed by atoms with van der Waals surface area (Å²) < 4.78 is 9.29. The number of fused-ring (bicyclic) bond motifs is 5. The maximum Gasteiger partial charge on any atom is 0.131 e. The Morgan fingerprint density at radius 3 is 1.87 bits per heavy atom. The van der Waals surface area contributed by atoms with E-state index in [0.29, 0.717) is 0 Å². The zero-order valence-corrected chi connectivity index (χ0v) is 27.0. The Balaban J connectivity index is 1.29. The van der Waals surface area contributed by atoms with Crippen LogP contribution < -0.4 is 4.74 Å². The highest BCUT2D eigenvalue weighted by atomic mass is 32.1. The Labute approximate surface area is 278 Å². The van der Waals surface area contributed by atoms with Crippen LogP contribution >= 0.6 is 11.3 Å². The second kappa shape index (κ2) is 10.8. The van der Waals surface area contributed by atoms with E-state index in [2.05, 4.69) is 158 Å². The standard InChI is InChI=1S/C44H31NOS/c1-28-27-45-23-22-34(28)35-14-9-15-36-37-26-33(18-21-42(37)47-43(35)36)44(2)38-24-31(29-10-5-3-6-11-29)16-19-40(38)46-41-20-17-32(25-39(41)44)30-12-7-4-8-13-30/h3-27H,1-2H3. The molecule has 47 heavy (non-hydrogen) atoms. The first kappa shape index (κ1) is 27.8. The Hall–Kier alpha value is -5.51. The van der Waals surface area contributed by atoms with E-state index in [-0.39, 0.29) is 0 Å². The molecule has 3 heteroatoms. The number of benzene rings is 6. The summed E-state index contributed by atoms with van der Waals surface area (Å²) in [5, 5.41) is 2.57. The second-order valence-corrected chi connectivity index (χ2v) is 13.6. The van der Waals surface area contributed by atoms with Crippen LogP contribution in [0.15, 0.2) is 152 Å². The molecule has 0 saturated heterocycles. The number of pyridine rings is 1. The second-order valence-electron chi connectivity index (χ2n) is 12.6. The minimum absolute atomic E-state index is 0.472. The highest BCUT2D eigenvalue weighted by Gasteiger charge is 2.40. The van der Waals surface area contributed by atoms with Crippen LogP contribution in [0, 0.1) is 6.92 Å². The summed E-state index contributed by atoms with van der Waals surface area (Å²) in [4.78, 5) is 4.35. The smallest absolute Gasteiger partial charge is 0.131 e. The van der Waals surface area contributed by atoms with E-state index >= 15 is 0 Å². The molecule has 2 nitrogen and oxygen atoms in total. The number of aromatic nitrogens is 1. The zero-order chi connectivity index (χ0) is 31.5.